The van der Waals surface area contributed by atoms with Gasteiger partial charge in [-0.25, -0.2) is 4.98 Å². The highest BCUT2D eigenvalue weighted by molar-refractivity contribution is 5.91. The van der Waals surface area contributed by atoms with Crippen LogP contribution in [-0.4, -0.2) is 63.8 Å². The SMILES string of the molecule is O=C(CN1C[C@H](CO)C[C@H](CO)C1)Nc1cnccn1. The monoisotopic (exact) mass is 280 g/mol. The van der Waals surface area contributed by atoms with E-state index in [1.54, 1.807) is 0 Å². The molecule has 1 fully saturated rings. The van der Waals surface area contributed by atoms with Gasteiger partial charge in [-0.05, 0) is 18.3 Å². The Bertz CT molecular complexity index is 417. The standard InChI is InChI=1S/C13H20N4O3/c18-8-10-3-11(9-19)6-17(5-10)7-13(20)16-12-4-14-1-2-15-12/h1-2,4,10-11,18-19H,3,5-9H2,(H,15,16,20)/t10-,11+. The molecule has 0 aromatic carbocycles. The molecule has 0 saturated carbocycles. The van der Waals surface area contributed by atoms with Crippen molar-refractivity contribution in [1.82, 2.24) is 14.9 Å². The zero-order valence-corrected chi connectivity index (χ0v) is 11.3. The molecule has 110 valence electrons. The quantitative estimate of drug-likeness (QED) is 0.662. The van der Waals surface area contributed by atoms with Crippen LogP contribution in [0.5, 0.6) is 0 Å². The molecule has 0 spiro atoms. The predicted octanol–water partition coefficient (Wildman–Crippen LogP) is -0.662. The second-order valence-electron chi connectivity index (χ2n) is 5.17. The van der Waals surface area contributed by atoms with E-state index >= 15 is 0 Å². The topological polar surface area (TPSA) is 98.6 Å². The lowest BCUT2D eigenvalue weighted by Crippen LogP contribution is -2.46. The second-order valence-corrected chi connectivity index (χ2v) is 5.17. The maximum atomic E-state index is 11.9. The highest BCUT2D eigenvalue weighted by atomic mass is 16.3. The van der Waals surface area contributed by atoms with E-state index in [1.807, 2.05) is 4.90 Å². The summed E-state index contributed by atoms with van der Waals surface area (Å²) in [7, 11) is 0. The Morgan fingerprint density at radius 2 is 2.00 bits per heavy atom. The van der Waals surface area contributed by atoms with Crippen molar-refractivity contribution in [2.75, 3.05) is 38.2 Å². The summed E-state index contributed by atoms with van der Waals surface area (Å²) in [6.07, 6.45) is 5.34. The van der Waals surface area contributed by atoms with Gasteiger partial charge in [-0.3, -0.25) is 14.7 Å². The lowest BCUT2D eigenvalue weighted by molar-refractivity contribution is -0.118. The van der Waals surface area contributed by atoms with Gasteiger partial charge in [-0.15, -0.1) is 0 Å². The van der Waals surface area contributed by atoms with E-state index in [4.69, 9.17) is 0 Å². The van der Waals surface area contributed by atoms with Crippen molar-refractivity contribution in [3.63, 3.8) is 0 Å². The van der Waals surface area contributed by atoms with Gasteiger partial charge in [0.25, 0.3) is 0 Å². The molecule has 7 nitrogen and oxygen atoms in total. The summed E-state index contributed by atoms with van der Waals surface area (Å²) in [5.74, 6) is 0.489. The highest BCUT2D eigenvalue weighted by Gasteiger charge is 2.27. The maximum Gasteiger partial charge on any atom is 0.239 e. The average molecular weight is 280 g/mol. The Morgan fingerprint density at radius 1 is 1.30 bits per heavy atom. The van der Waals surface area contributed by atoms with Crippen LogP contribution in [0.1, 0.15) is 6.42 Å². The number of amides is 1. The van der Waals surface area contributed by atoms with Crippen molar-refractivity contribution >= 4 is 11.7 Å². The first kappa shape index (κ1) is 14.8. The molecular formula is C13H20N4O3. The summed E-state index contributed by atoms with van der Waals surface area (Å²) in [5.41, 5.74) is 0. The normalized spacial score (nSPS) is 23.5. The number of piperidine rings is 1. The fourth-order valence-corrected chi connectivity index (χ4v) is 2.57. The largest absolute Gasteiger partial charge is 0.396 e. The minimum atomic E-state index is -0.166. The molecule has 20 heavy (non-hydrogen) atoms. The van der Waals surface area contributed by atoms with Crippen molar-refractivity contribution in [2.45, 2.75) is 6.42 Å². The Labute approximate surface area is 117 Å². The Balaban J connectivity index is 1.86. The molecule has 0 unspecified atom stereocenters. The average Bonchev–Trinajstić information content (AvgIpc) is 2.47. The number of carbonyl (C=O) groups excluding carboxylic acids is 1. The number of nitrogens with one attached hydrogen (secondary N) is 1. The van der Waals surface area contributed by atoms with Gasteiger partial charge in [0.2, 0.25) is 5.91 Å². The Morgan fingerprint density at radius 3 is 2.55 bits per heavy atom. The van der Waals surface area contributed by atoms with Crippen LogP contribution in [0.2, 0.25) is 0 Å². The molecule has 0 aliphatic carbocycles. The number of likely N-dealkylation sites (tertiary alicyclic amines) is 1. The van der Waals surface area contributed by atoms with Crippen molar-refractivity contribution in [3.8, 4) is 0 Å². The zero-order valence-electron chi connectivity index (χ0n) is 11.3. The van der Waals surface area contributed by atoms with E-state index in [-0.39, 0.29) is 37.5 Å². The van der Waals surface area contributed by atoms with Gasteiger partial charge in [0.1, 0.15) is 0 Å². The number of rotatable bonds is 5. The third-order valence-corrected chi connectivity index (χ3v) is 3.41. The molecule has 2 heterocycles. The third-order valence-electron chi connectivity index (χ3n) is 3.41. The minimum absolute atomic E-state index is 0.0821. The fraction of sp³-hybridized carbons (Fsp3) is 0.615. The molecule has 1 aromatic rings. The molecule has 2 atom stereocenters. The van der Waals surface area contributed by atoms with Crippen molar-refractivity contribution in [2.24, 2.45) is 11.8 Å². The van der Waals surface area contributed by atoms with Crippen LogP contribution in [0.3, 0.4) is 0 Å². The van der Waals surface area contributed by atoms with Crippen LogP contribution >= 0.6 is 0 Å². The minimum Gasteiger partial charge on any atom is -0.396 e. The van der Waals surface area contributed by atoms with E-state index < -0.39 is 0 Å². The first-order chi connectivity index (χ1) is 9.71. The van der Waals surface area contributed by atoms with Crippen LogP contribution in [-0.2, 0) is 4.79 Å². The molecule has 0 radical (unpaired) electrons. The number of aromatic nitrogens is 2. The number of carbonyl (C=O) groups is 1. The molecule has 1 aromatic heterocycles. The van der Waals surface area contributed by atoms with Gasteiger partial charge in [0, 0.05) is 38.7 Å². The molecule has 1 aliphatic rings. The van der Waals surface area contributed by atoms with Gasteiger partial charge in [-0.1, -0.05) is 0 Å². The van der Waals surface area contributed by atoms with Gasteiger partial charge in [0.05, 0.1) is 12.7 Å². The lowest BCUT2D eigenvalue weighted by atomic mass is 9.90. The zero-order chi connectivity index (χ0) is 14.4. The van der Waals surface area contributed by atoms with Crippen LogP contribution in [0.4, 0.5) is 5.82 Å². The van der Waals surface area contributed by atoms with Crippen LogP contribution in [0.15, 0.2) is 18.6 Å². The summed E-state index contributed by atoms with van der Waals surface area (Å²) < 4.78 is 0. The van der Waals surface area contributed by atoms with Crippen molar-refractivity contribution in [1.29, 1.82) is 0 Å². The fourth-order valence-electron chi connectivity index (χ4n) is 2.57. The number of aliphatic hydroxyl groups is 2. The van der Waals surface area contributed by atoms with Crippen molar-refractivity contribution in [3.05, 3.63) is 18.6 Å². The smallest absolute Gasteiger partial charge is 0.239 e. The van der Waals surface area contributed by atoms with E-state index in [2.05, 4.69) is 15.3 Å². The second kappa shape index (κ2) is 7.28. The lowest BCUT2D eigenvalue weighted by Gasteiger charge is -2.35. The van der Waals surface area contributed by atoms with E-state index in [0.717, 1.165) is 6.42 Å². The van der Waals surface area contributed by atoms with Crippen LogP contribution in [0.25, 0.3) is 0 Å². The highest BCUT2D eigenvalue weighted by Crippen LogP contribution is 2.21. The summed E-state index contributed by atoms with van der Waals surface area (Å²) >= 11 is 0. The first-order valence-electron chi connectivity index (χ1n) is 6.71. The van der Waals surface area contributed by atoms with Gasteiger partial charge >= 0.3 is 0 Å². The molecule has 0 bridgehead atoms. The number of hydrogen-bond acceptors (Lipinski definition) is 6. The number of hydrogen-bond donors (Lipinski definition) is 3. The van der Waals surface area contributed by atoms with Gasteiger partial charge in [0.15, 0.2) is 5.82 Å². The summed E-state index contributed by atoms with van der Waals surface area (Å²) in [5, 5.41) is 21.2. The maximum absolute atomic E-state index is 11.9. The van der Waals surface area contributed by atoms with E-state index in [9.17, 15) is 15.0 Å². The summed E-state index contributed by atoms with van der Waals surface area (Å²) in [6, 6.07) is 0. The third kappa shape index (κ3) is 4.22. The molecular weight excluding hydrogens is 260 g/mol. The van der Waals surface area contributed by atoms with Gasteiger partial charge in [-0.2, -0.15) is 0 Å². The van der Waals surface area contributed by atoms with Gasteiger partial charge < -0.3 is 15.5 Å². The molecule has 1 saturated heterocycles. The van der Waals surface area contributed by atoms with Crippen LogP contribution in [0, 0.1) is 11.8 Å². The number of aliphatic hydroxyl groups excluding tert-OH is 2. The van der Waals surface area contributed by atoms with Crippen molar-refractivity contribution < 1.29 is 15.0 Å². The first-order valence-corrected chi connectivity index (χ1v) is 6.71. The molecule has 1 amide bonds. The summed E-state index contributed by atoms with van der Waals surface area (Å²) in [4.78, 5) is 21.7. The van der Waals surface area contributed by atoms with E-state index in [0.29, 0.717) is 18.9 Å². The van der Waals surface area contributed by atoms with Crippen LogP contribution < -0.4 is 5.32 Å². The molecule has 1 aliphatic heterocycles. The predicted molar refractivity (Wildman–Crippen MR) is 72.9 cm³/mol. The number of anilines is 1. The molecule has 2 rings (SSSR count). The Kier molecular flexibility index (Phi) is 5.40. The number of nitrogens with zero attached hydrogens (tertiary/aromatic N) is 3. The summed E-state index contributed by atoms with van der Waals surface area (Å²) in [6.45, 7) is 1.73. The Hall–Kier alpha value is -1.57. The molecule has 7 heteroatoms. The molecule has 3 N–H and O–H groups in total. The van der Waals surface area contributed by atoms with E-state index in [1.165, 1.54) is 18.6 Å².